The molecule has 2 aromatic rings. The van der Waals surface area contributed by atoms with Gasteiger partial charge in [-0.3, -0.25) is 0 Å². The molecular weight excluding hydrogens is 224 g/mol. The van der Waals surface area contributed by atoms with Gasteiger partial charge in [-0.25, -0.2) is 0 Å². The molecule has 1 aromatic carbocycles. The Balaban J connectivity index is 2.71. The van der Waals surface area contributed by atoms with Crippen LogP contribution < -0.4 is 10.5 Å². The number of benzene rings is 1. The molecule has 1 aromatic heterocycles. The standard InChI is InChI=1S/C15H22N2O/c1-10-8-13-12(6-5-7-16)11(2)17(3)15(13)14(9-10)18-4/h8-9H,5-7,16H2,1-4H3. The second-order valence-electron chi connectivity index (χ2n) is 4.88. The first-order valence-corrected chi connectivity index (χ1v) is 6.42. The van der Waals surface area contributed by atoms with Gasteiger partial charge in [-0.15, -0.1) is 0 Å². The number of aromatic nitrogens is 1. The zero-order valence-electron chi connectivity index (χ0n) is 11.7. The van der Waals surface area contributed by atoms with Crippen LogP contribution in [-0.4, -0.2) is 18.2 Å². The van der Waals surface area contributed by atoms with Crippen molar-refractivity contribution in [3.8, 4) is 5.75 Å². The Bertz CT molecular complexity index is 570. The molecule has 0 aliphatic rings. The number of ether oxygens (including phenoxy) is 1. The Morgan fingerprint density at radius 2 is 2.00 bits per heavy atom. The van der Waals surface area contributed by atoms with Crippen molar-refractivity contribution in [1.82, 2.24) is 4.57 Å². The van der Waals surface area contributed by atoms with Gasteiger partial charge < -0.3 is 15.0 Å². The number of hydrogen-bond donors (Lipinski definition) is 1. The molecule has 0 unspecified atom stereocenters. The van der Waals surface area contributed by atoms with E-state index >= 15 is 0 Å². The lowest BCUT2D eigenvalue weighted by molar-refractivity contribution is 0.417. The highest BCUT2D eigenvalue weighted by atomic mass is 16.5. The Morgan fingerprint density at radius 3 is 2.61 bits per heavy atom. The van der Waals surface area contributed by atoms with Gasteiger partial charge in [-0.2, -0.15) is 0 Å². The molecule has 98 valence electrons. The molecule has 0 saturated heterocycles. The molecule has 0 spiro atoms. The second kappa shape index (κ2) is 5.02. The average Bonchev–Trinajstić information content (AvgIpc) is 2.59. The van der Waals surface area contributed by atoms with Crippen molar-refractivity contribution < 1.29 is 4.74 Å². The van der Waals surface area contributed by atoms with Gasteiger partial charge in [-0.05, 0) is 56.5 Å². The lowest BCUT2D eigenvalue weighted by atomic mass is 10.0. The van der Waals surface area contributed by atoms with Gasteiger partial charge in [0.2, 0.25) is 0 Å². The van der Waals surface area contributed by atoms with Crippen LogP contribution in [0.1, 0.15) is 23.2 Å². The third kappa shape index (κ3) is 1.99. The van der Waals surface area contributed by atoms with E-state index in [0.29, 0.717) is 0 Å². The predicted molar refractivity (Wildman–Crippen MR) is 76.3 cm³/mol. The molecule has 0 amide bonds. The minimum absolute atomic E-state index is 0.735. The van der Waals surface area contributed by atoms with Crippen molar-refractivity contribution >= 4 is 10.9 Å². The number of hydrogen-bond acceptors (Lipinski definition) is 2. The summed E-state index contributed by atoms with van der Waals surface area (Å²) in [6, 6.07) is 4.34. The first-order valence-electron chi connectivity index (χ1n) is 6.42. The van der Waals surface area contributed by atoms with Crippen molar-refractivity contribution in [1.29, 1.82) is 0 Å². The molecule has 0 aliphatic heterocycles. The van der Waals surface area contributed by atoms with Crippen molar-refractivity contribution in [2.75, 3.05) is 13.7 Å². The van der Waals surface area contributed by atoms with E-state index in [2.05, 4.69) is 37.6 Å². The highest BCUT2D eigenvalue weighted by molar-refractivity contribution is 5.91. The summed E-state index contributed by atoms with van der Waals surface area (Å²) in [5, 5.41) is 1.31. The normalized spacial score (nSPS) is 11.2. The van der Waals surface area contributed by atoms with E-state index in [1.165, 1.54) is 27.7 Å². The highest BCUT2D eigenvalue weighted by Crippen LogP contribution is 2.33. The number of rotatable bonds is 4. The largest absolute Gasteiger partial charge is 0.495 e. The maximum Gasteiger partial charge on any atom is 0.143 e. The van der Waals surface area contributed by atoms with E-state index in [9.17, 15) is 0 Å². The van der Waals surface area contributed by atoms with Crippen LogP contribution in [0.15, 0.2) is 12.1 Å². The molecule has 3 nitrogen and oxygen atoms in total. The summed E-state index contributed by atoms with van der Waals surface area (Å²) in [4.78, 5) is 0. The van der Waals surface area contributed by atoms with Crippen LogP contribution in [0.3, 0.4) is 0 Å². The maximum atomic E-state index is 5.63. The van der Waals surface area contributed by atoms with E-state index < -0.39 is 0 Å². The molecule has 1 heterocycles. The Morgan fingerprint density at radius 1 is 1.28 bits per heavy atom. The molecule has 0 atom stereocenters. The van der Waals surface area contributed by atoms with Crippen LogP contribution in [0.2, 0.25) is 0 Å². The van der Waals surface area contributed by atoms with Gasteiger partial charge in [0.1, 0.15) is 5.75 Å². The van der Waals surface area contributed by atoms with E-state index in [4.69, 9.17) is 10.5 Å². The molecule has 18 heavy (non-hydrogen) atoms. The Labute approximate surface area is 109 Å². The maximum absolute atomic E-state index is 5.63. The summed E-state index contributed by atoms with van der Waals surface area (Å²) < 4.78 is 7.74. The number of nitrogens with zero attached hydrogens (tertiary/aromatic N) is 1. The van der Waals surface area contributed by atoms with E-state index in [-0.39, 0.29) is 0 Å². The van der Waals surface area contributed by atoms with Gasteiger partial charge >= 0.3 is 0 Å². The quantitative estimate of drug-likeness (QED) is 0.901. The van der Waals surface area contributed by atoms with Crippen LogP contribution in [0, 0.1) is 13.8 Å². The topological polar surface area (TPSA) is 40.2 Å². The third-order valence-electron chi connectivity index (χ3n) is 3.67. The SMILES string of the molecule is COc1cc(C)cc2c(CCCN)c(C)n(C)c12. The van der Waals surface area contributed by atoms with Crippen molar-refractivity contribution in [2.24, 2.45) is 12.8 Å². The number of methoxy groups -OCH3 is 1. The molecule has 0 fully saturated rings. The van der Waals surface area contributed by atoms with Gasteiger partial charge in [0.25, 0.3) is 0 Å². The summed E-state index contributed by atoms with van der Waals surface area (Å²) in [7, 11) is 3.83. The minimum atomic E-state index is 0.735. The lowest BCUT2D eigenvalue weighted by Gasteiger charge is -2.06. The lowest BCUT2D eigenvalue weighted by Crippen LogP contribution is -2.01. The van der Waals surface area contributed by atoms with Gasteiger partial charge in [-0.1, -0.05) is 0 Å². The fourth-order valence-corrected chi connectivity index (χ4v) is 2.64. The molecule has 0 saturated carbocycles. The smallest absolute Gasteiger partial charge is 0.143 e. The molecule has 0 aliphatic carbocycles. The summed E-state index contributed by atoms with van der Waals surface area (Å²) in [6.07, 6.45) is 2.06. The fraction of sp³-hybridized carbons (Fsp3) is 0.467. The van der Waals surface area contributed by atoms with E-state index in [1.807, 2.05) is 0 Å². The zero-order valence-corrected chi connectivity index (χ0v) is 11.7. The third-order valence-corrected chi connectivity index (χ3v) is 3.67. The molecular formula is C15H22N2O. The first-order chi connectivity index (χ1) is 8.60. The molecule has 0 radical (unpaired) electrons. The predicted octanol–water partition coefficient (Wildman–Crippen LogP) is 2.70. The van der Waals surface area contributed by atoms with Gasteiger partial charge in [0.05, 0.1) is 12.6 Å². The van der Waals surface area contributed by atoms with Crippen LogP contribution in [0.25, 0.3) is 10.9 Å². The first kappa shape index (κ1) is 13.0. The monoisotopic (exact) mass is 246 g/mol. The molecule has 2 N–H and O–H groups in total. The number of nitrogens with two attached hydrogens (primary N) is 1. The summed E-state index contributed by atoms with van der Waals surface area (Å²) in [6.45, 7) is 5.01. The van der Waals surface area contributed by atoms with Crippen LogP contribution >= 0.6 is 0 Å². The zero-order chi connectivity index (χ0) is 13.3. The highest BCUT2D eigenvalue weighted by Gasteiger charge is 2.15. The van der Waals surface area contributed by atoms with Crippen molar-refractivity contribution in [3.63, 3.8) is 0 Å². The fourth-order valence-electron chi connectivity index (χ4n) is 2.64. The Hall–Kier alpha value is -1.48. The van der Waals surface area contributed by atoms with Crippen molar-refractivity contribution in [3.05, 3.63) is 29.0 Å². The van der Waals surface area contributed by atoms with Gasteiger partial charge in [0, 0.05) is 18.1 Å². The van der Waals surface area contributed by atoms with Crippen molar-refractivity contribution in [2.45, 2.75) is 26.7 Å². The second-order valence-corrected chi connectivity index (χ2v) is 4.88. The number of fused-ring (bicyclic) bond motifs is 1. The van der Waals surface area contributed by atoms with Crippen LogP contribution in [-0.2, 0) is 13.5 Å². The Kier molecular flexibility index (Phi) is 3.62. The summed E-state index contributed by atoms with van der Waals surface area (Å²) in [5.41, 5.74) is 10.8. The molecule has 2 rings (SSSR count). The van der Waals surface area contributed by atoms with Crippen LogP contribution in [0.4, 0.5) is 0 Å². The van der Waals surface area contributed by atoms with E-state index in [1.54, 1.807) is 7.11 Å². The average molecular weight is 246 g/mol. The van der Waals surface area contributed by atoms with Gasteiger partial charge in [0.15, 0.2) is 0 Å². The number of aryl methyl sites for hydroxylation is 3. The summed E-state index contributed by atoms with van der Waals surface area (Å²) >= 11 is 0. The molecule has 3 heteroatoms. The summed E-state index contributed by atoms with van der Waals surface area (Å²) in [5.74, 6) is 0.953. The minimum Gasteiger partial charge on any atom is -0.495 e. The molecule has 0 bridgehead atoms. The van der Waals surface area contributed by atoms with Crippen LogP contribution in [0.5, 0.6) is 5.75 Å². The van der Waals surface area contributed by atoms with E-state index in [0.717, 1.165) is 25.1 Å².